The number of H-pyrrole nitrogens is 1. The SMILES string of the molecule is O=C(CSc1cn[nH]n1)NCc1conc1-c1ccc(Cl)cc1. The lowest BCUT2D eigenvalue weighted by atomic mass is 10.1. The van der Waals surface area contributed by atoms with Crippen LogP contribution in [0.5, 0.6) is 0 Å². The van der Waals surface area contributed by atoms with Gasteiger partial charge >= 0.3 is 0 Å². The van der Waals surface area contributed by atoms with Crippen molar-refractivity contribution >= 4 is 29.3 Å². The van der Waals surface area contributed by atoms with E-state index < -0.39 is 0 Å². The van der Waals surface area contributed by atoms with E-state index in [2.05, 4.69) is 25.9 Å². The van der Waals surface area contributed by atoms with Gasteiger partial charge in [-0.05, 0) is 12.1 Å². The highest BCUT2D eigenvalue weighted by molar-refractivity contribution is 7.99. The summed E-state index contributed by atoms with van der Waals surface area (Å²) in [4.78, 5) is 11.9. The maximum absolute atomic E-state index is 11.9. The second-order valence-electron chi connectivity index (χ2n) is 4.57. The summed E-state index contributed by atoms with van der Waals surface area (Å²) >= 11 is 7.18. The molecule has 0 saturated carbocycles. The molecule has 0 bridgehead atoms. The minimum absolute atomic E-state index is 0.110. The summed E-state index contributed by atoms with van der Waals surface area (Å²) in [6.07, 6.45) is 3.09. The Labute approximate surface area is 140 Å². The number of hydrogen-bond acceptors (Lipinski definition) is 6. The summed E-state index contributed by atoms with van der Waals surface area (Å²) in [7, 11) is 0. The van der Waals surface area contributed by atoms with E-state index in [1.165, 1.54) is 18.0 Å². The zero-order valence-corrected chi connectivity index (χ0v) is 13.4. The second kappa shape index (κ2) is 7.30. The quantitative estimate of drug-likeness (QED) is 0.664. The van der Waals surface area contributed by atoms with Crippen LogP contribution >= 0.6 is 23.4 Å². The van der Waals surface area contributed by atoms with Crippen LogP contribution in [0.3, 0.4) is 0 Å². The highest BCUT2D eigenvalue weighted by Gasteiger charge is 2.12. The smallest absolute Gasteiger partial charge is 0.230 e. The number of carbonyl (C=O) groups is 1. The van der Waals surface area contributed by atoms with Gasteiger partial charge in [-0.2, -0.15) is 10.3 Å². The molecule has 0 aliphatic rings. The number of thioether (sulfide) groups is 1. The summed E-state index contributed by atoms with van der Waals surface area (Å²) in [5.41, 5.74) is 2.36. The van der Waals surface area contributed by atoms with Crippen LogP contribution < -0.4 is 5.32 Å². The average molecular weight is 350 g/mol. The molecule has 0 spiro atoms. The van der Waals surface area contributed by atoms with Gasteiger partial charge in [0, 0.05) is 22.7 Å². The van der Waals surface area contributed by atoms with E-state index in [1.54, 1.807) is 18.3 Å². The van der Waals surface area contributed by atoms with Crippen molar-refractivity contribution in [2.24, 2.45) is 0 Å². The Balaban J connectivity index is 1.57. The zero-order chi connectivity index (χ0) is 16.1. The lowest BCUT2D eigenvalue weighted by Gasteiger charge is -2.04. The standard InChI is InChI=1S/C14H12ClN5O2S/c15-11-3-1-9(2-4-11)14-10(7-22-19-14)5-16-12(21)8-23-13-6-17-20-18-13/h1-4,6-7H,5,8H2,(H,16,21)(H,17,18,20). The summed E-state index contributed by atoms with van der Waals surface area (Å²) in [5.74, 6) is 0.148. The fourth-order valence-corrected chi connectivity index (χ4v) is 2.61. The minimum Gasteiger partial charge on any atom is -0.364 e. The zero-order valence-electron chi connectivity index (χ0n) is 11.8. The maximum atomic E-state index is 11.9. The molecule has 118 valence electrons. The molecule has 2 heterocycles. The molecule has 2 aromatic heterocycles. The van der Waals surface area contributed by atoms with E-state index in [1.807, 2.05) is 12.1 Å². The van der Waals surface area contributed by atoms with Crippen LogP contribution in [0.1, 0.15) is 5.56 Å². The maximum Gasteiger partial charge on any atom is 0.230 e. The van der Waals surface area contributed by atoms with Crippen molar-refractivity contribution in [1.82, 2.24) is 25.9 Å². The van der Waals surface area contributed by atoms with Gasteiger partial charge in [-0.3, -0.25) is 4.79 Å². The fraction of sp³-hybridized carbons (Fsp3) is 0.143. The van der Waals surface area contributed by atoms with E-state index in [9.17, 15) is 4.79 Å². The molecule has 2 N–H and O–H groups in total. The molecule has 0 radical (unpaired) electrons. The van der Waals surface area contributed by atoms with Crippen molar-refractivity contribution in [2.75, 3.05) is 5.75 Å². The third kappa shape index (κ3) is 4.11. The third-order valence-electron chi connectivity index (χ3n) is 2.98. The van der Waals surface area contributed by atoms with Gasteiger partial charge in [-0.1, -0.05) is 40.7 Å². The minimum atomic E-state index is -0.110. The Bertz CT molecular complexity index is 773. The van der Waals surface area contributed by atoms with Gasteiger partial charge in [0.1, 0.15) is 17.0 Å². The van der Waals surface area contributed by atoms with Crippen LogP contribution in [-0.4, -0.2) is 32.2 Å². The van der Waals surface area contributed by atoms with Crippen molar-refractivity contribution in [2.45, 2.75) is 11.6 Å². The first-order valence-electron chi connectivity index (χ1n) is 6.67. The molecule has 0 unspecified atom stereocenters. The molecular formula is C14H12ClN5O2S. The van der Waals surface area contributed by atoms with Crippen molar-refractivity contribution in [1.29, 1.82) is 0 Å². The lowest BCUT2D eigenvalue weighted by molar-refractivity contribution is -0.118. The first-order chi connectivity index (χ1) is 11.2. The van der Waals surface area contributed by atoms with Crippen LogP contribution in [0.4, 0.5) is 0 Å². The molecule has 3 rings (SSSR count). The van der Waals surface area contributed by atoms with Crippen molar-refractivity contribution in [3.05, 3.63) is 47.3 Å². The molecule has 0 fully saturated rings. The van der Waals surface area contributed by atoms with Gasteiger partial charge in [0.25, 0.3) is 0 Å². The highest BCUT2D eigenvalue weighted by atomic mass is 35.5. The number of benzene rings is 1. The molecule has 1 aromatic carbocycles. The van der Waals surface area contributed by atoms with Crippen LogP contribution in [0, 0.1) is 0 Å². The predicted octanol–water partition coefficient (Wildman–Crippen LogP) is 2.52. The summed E-state index contributed by atoms with van der Waals surface area (Å²) < 4.78 is 5.02. The Kier molecular flexibility index (Phi) is 4.94. The van der Waals surface area contributed by atoms with Crippen molar-refractivity contribution in [3.8, 4) is 11.3 Å². The number of rotatable bonds is 6. The number of carbonyl (C=O) groups excluding carboxylic acids is 1. The predicted molar refractivity (Wildman–Crippen MR) is 85.9 cm³/mol. The molecule has 0 saturated heterocycles. The second-order valence-corrected chi connectivity index (χ2v) is 6.00. The third-order valence-corrected chi connectivity index (χ3v) is 4.13. The number of hydrogen-bond donors (Lipinski definition) is 2. The fourth-order valence-electron chi connectivity index (χ4n) is 1.87. The van der Waals surface area contributed by atoms with E-state index in [4.69, 9.17) is 16.1 Å². The normalized spacial score (nSPS) is 10.7. The number of aromatic amines is 1. The first-order valence-corrected chi connectivity index (χ1v) is 8.03. The summed E-state index contributed by atoms with van der Waals surface area (Å²) in [6.45, 7) is 0.333. The molecule has 1 amide bonds. The largest absolute Gasteiger partial charge is 0.364 e. The van der Waals surface area contributed by atoms with Gasteiger partial charge in [-0.15, -0.1) is 5.10 Å². The molecule has 3 aromatic rings. The topological polar surface area (TPSA) is 96.7 Å². The van der Waals surface area contributed by atoms with Gasteiger partial charge in [-0.25, -0.2) is 0 Å². The van der Waals surface area contributed by atoms with Crippen molar-refractivity contribution < 1.29 is 9.32 Å². The Hall–Kier alpha value is -2.32. The number of nitrogens with one attached hydrogen (secondary N) is 2. The Morgan fingerprint density at radius 2 is 2.17 bits per heavy atom. The number of nitrogens with zero attached hydrogens (tertiary/aromatic N) is 3. The lowest BCUT2D eigenvalue weighted by Crippen LogP contribution is -2.24. The van der Waals surface area contributed by atoms with E-state index >= 15 is 0 Å². The highest BCUT2D eigenvalue weighted by Crippen LogP contribution is 2.23. The van der Waals surface area contributed by atoms with Gasteiger partial charge < -0.3 is 9.84 Å². The van der Waals surface area contributed by atoms with Crippen molar-refractivity contribution in [3.63, 3.8) is 0 Å². The van der Waals surface area contributed by atoms with Gasteiger partial charge in [0.2, 0.25) is 5.91 Å². The number of halogens is 1. The Morgan fingerprint density at radius 1 is 1.35 bits per heavy atom. The van der Waals surface area contributed by atoms with E-state index in [0.717, 1.165) is 11.1 Å². The molecule has 0 aliphatic carbocycles. The molecular weight excluding hydrogens is 338 g/mol. The summed E-state index contributed by atoms with van der Waals surface area (Å²) in [5, 5.41) is 18.2. The van der Waals surface area contributed by atoms with Crippen LogP contribution in [0.2, 0.25) is 5.02 Å². The van der Waals surface area contributed by atoms with Gasteiger partial charge in [0.15, 0.2) is 0 Å². The monoisotopic (exact) mass is 349 g/mol. The van der Waals surface area contributed by atoms with Crippen LogP contribution in [0.25, 0.3) is 11.3 Å². The van der Waals surface area contributed by atoms with Crippen LogP contribution in [0.15, 0.2) is 46.3 Å². The molecule has 7 nitrogen and oxygen atoms in total. The average Bonchev–Trinajstić information content (AvgIpc) is 3.23. The van der Waals surface area contributed by atoms with E-state index in [0.29, 0.717) is 22.3 Å². The number of amides is 1. The van der Waals surface area contributed by atoms with E-state index in [-0.39, 0.29) is 11.7 Å². The van der Waals surface area contributed by atoms with Crippen LogP contribution in [-0.2, 0) is 11.3 Å². The van der Waals surface area contributed by atoms with Gasteiger partial charge in [0.05, 0.1) is 11.9 Å². The summed E-state index contributed by atoms with van der Waals surface area (Å²) in [6, 6.07) is 7.27. The Morgan fingerprint density at radius 3 is 2.91 bits per heavy atom. The molecule has 9 heteroatoms. The first kappa shape index (κ1) is 15.6. The molecule has 0 atom stereocenters. The molecule has 0 aliphatic heterocycles. The number of aromatic nitrogens is 4. The molecule has 23 heavy (non-hydrogen) atoms.